The van der Waals surface area contributed by atoms with Crippen molar-refractivity contribution in [2.75, 3.05) is 10.9 Å². The van der Waals surface area contributed by atoms with Gasteiger partial charge >= 0.3 is 0 Å². The summed E-state index contributed by atoms with van der Waals surface area (Å²) in [5.74, 6) is 1.02. The normalized spacial score (nSPS) is 11.1. The van der Waals surface area contributed by atoms with Gasteiger partial charge in [0.25, 0.3) is 5.95 Å². The van der Waals surface area contributed by atoms with Gasteiger partial charge in [-0.3, -0.25) is 5.43 Å². The Hall–Kier alpha value is -4.01. The first-order valence-electron chi connectivity index (χ1n) is 7.98. The Morgan fingerprint density at radius 3 is 1.85 bits per heavy atom. The third-order valence-corrected chi connectivity index (χ3v) is 3.40. The van der Waals surface area contributed by atoms with E-state index in [0.29, 0.717) is 11.5 Å². The number of rotatable bonds is 6. The maximum absolute atomic E-state index is 9.27. The number of hydrazone groups is 2. The van der Waals surface area contributed by atoms with E-state index < -0.39 is 0 Å². The number of phenolic OH excluding ortho intramolecular Hbond substituents is 2. The summed E-state index contributed by atoms with van der Waals surface area (Å²) in [5.41, 5.74) is 7.69. The van der Waals surface area contributed by atoms with Crippen molar-refractivity contribution in [3.05, 3.63) is 65.4 Å². The Labute approximate surface area is 155 Å². The van der Waals surface area contributed by atoms with Gasteiger partial charge in [-0.15, -0.1) is 10.2 Å². The smallest absolute Gasteiger partial charge is 0.265 e. The number of aromatic hydroxyl groups is 2. The summed E-state index contributed by atoms with van der Waals surface area (Å²) in [6, 6.07) is 13.2. The molecule has 9 nitrogen and oxygen atoms in total. The third kappa shape index (κ3) is 5.23. The maximum Gasteiger partial charge on any atom is 0.265 e. The molecule has 9 heteroatoms. The van der Waals surface area contributed by atoms with E-state index in [1.165, 1.54) is 0 Å². The first-order valence-corrected chi connectivity index (χ1v) is 7.98. The van der Waals surface area contributed by atoms with Gasteiger partial charge < -0.3 is 10.2 Å². The highest BCUT2D eigenvalue weighted by Crippen LogP contribution is 2.11. The fourth-order valence-corrected chi connectivity index (χ4v) is 1.99. The molecular weight excluding hydrogens is 346 g/mol. The van der Waals surface area contributed by atoms with Crippen LogP contribution in [0.1, 0.15) is 16.8 Å². The average molecular weight is 363 g/mol. The molecule has 27 heavy (non-hydrogen) atoms. The van der Waals surface area contributed by atoms with Crippen LogP contribution in [-0.2, 0) is 0 Å². The van der Waals surface area contributed by atoms with Crippen LogP contribution in [-0.4, -0.2) is 37.8 Å². The van der Waals surface area contributed by atoms with Crippen LogP contribution in [0, 0.1) is 6.92 Å². The zero-order valence-electron chi connectivity index (χ0n) is 14.4. The highest BCUT2D eigenvalue weighted by molar-refractivity contribution is 5.80. The van der Waals surface area contributed by atoms with E-state index in [9.17, 15) is 10.2 Å². The number of nitrogens with zero attached hydrogens (tertiary/aromatic N) is 5. The van der Waals surface area contributed by atoms with Gasteiger partial charge in [0, 0.05) is 0 Å². The molecule has 0 atom stereocenters. The number of aromatic nitrogens is 3. The molecule has 1 heterocycles. The van der Waals surface area contributed by atoms with E-state index in [1.54, 1.807) is 67.9 Å². The minimum absolute atomic E-state index is 0.190. The lowest BCUT2D eigenvalue weighted by Crippen LogP contribution is -2.05. The second kappa shape index (κ2) is 8.39. The molecule has 136 valence electrons. The van der Waals surface area contributed by atoms with Gasteiger partial charge in [0.1, 0.15) is 17.2 Å². The van der Waals surface area contributed by atoms with Crippen LogP contribution < -0.4 is 10.9 Å². The molecule has 0 aliphatic heterocycles. The van der Waals surface area contributed by atoms with Gasteiger partial charge in [-0.2, -0.15) is 15.2 Å². The SMILES string of the molecule is Cc1nnc(N/N=C\c2ccc(O)cc2)nc1N/N=C\c1ccc(O)cc1. The Morgan fingerprint density at radius 1 is 0.778 bits per heavy atom. The summed E-state index contributed by atoms with van der Waals surface area (Å²) in [6.07, 6.45) is 3.16. The molecule has 4 N–H and O–H groups in total. The van der Waals surface area contributed by atoms with Gasteiger partial charge in [0.15, 0.2) is 5.82 Å². The summed E-state index contributed by atoms with van der Waals surface area (Å²) in [4.78, 5) is 4.26. The molecule has 0 fully saturated rings. The maximum atomic E-state index is 9.27. The van der Waals surface area contributed by atoms with Crippen LogP contribution >= 0.6 is 0 Å². The predicted octanol–water partition coefficient (Wildman–Crippen LogP) is 2.48. The molecule has 3 rings (SSSR count). The van der Waals surface area contributed by atoms with Gasteiger partial charge in [0.05, 0.1) is 12.4 Å². The minimum atomic E-state index is 0.190. The van der Waals surface area contributed by atoms with Gasteiger partial charge in [0.2, 0.25) is 0 Å². The molecule has 3 aromatic rings. The van der Waals surface area contributed by atoms with Crippen molar-refractivity contribution in [1.82, 2.24) is 15.2 Å². The van der Waals surface area contributed by atoms with Crippen molar-refractivity contribution in [3.8, 4) is 11.5 Å². The Balaban J connectivity index is 1.63. The van der Waals surface area contributed by atoms with Gasteiger partial charge in [-0.05, 0) is 66.6 Å². The fourth-order valence-electron chi connectivity index (χ4n) is 1.99. The third-order valence-electron chi connectivity index (χ3n) is 3.40. The van der Waals surface area contributed by atoms with E-state index in [1.807, 2.05) is 0 Å². The quantitative estimate of drug-likeness (QED) is 0.391. The molecule has 2 aromatic carbocycles. The van der Waals surface area contributed by atoms with E-state index in [0.717, 1.165) is 11.1 Å². The minimum Gasteiger partial charge on any atom is -0.508 e. The zero-order valence-corrected chi connectivity index (χ0v) is 14.4. The summed E-state index contributed by atoms with van der Waals surface area (Å²) in [7, 11) is 0. The van der Waals surface area contributed by atoms with E-state index >= 15 is 0 Å². The van der Waals surface area contributed by atoms with Crippen LogP contribution in [0.25, 0.3) is 0 Å². The number of hydrogen-bond donors (Lipinski definition) is 4. The highest BCUT2D eigenvalue weighted by Gasteiger charge is 2.04. The standard InChI is InChI=1S/C18H17N7O2/c1-12-17(23-19-10-13-2-6-15(26)7-3-13)21-18(25-22-12)24-20-11-14-4-8-16(27)9-5-14/h2-11,26-27H,1H3,(H2,21,23,24,25)/b19-10-,20-11-. The summed E-state index contributed by atoms with van der Waals surface area (Å²) in [5, 5.41) is 34.6. The molecule has 0 bridgehead atoms. The zero-order chi connectivity index (χ0) is 19.1. The highest BCUT2D eigenvalue weighted by atomic mass is 16.3. The first kappa shape index (κ1) is 17.8. The monoisotopic (exact) mass is 363 g/mol. The Morgan fingerprint density at radius 2 is 1.30 bits per heavy atom. The van der Waals surface area contributed by atoms with E-state index in [4.69, 9.17) is 0 Å². The molecule has 1 aromatic heterocycles. The molecule has 0 spiro atoms. The molecular formula is C18H17N7O2. The first-order chi connectivity index (χ1) is 13.1. The number of nitrogens with one attached hydrogen (secondary N) is 2. The fraction of sp³-hybridized carbons (Fsp3) is 0.0556. The molecule has 0 unspecified atom stereocenters. The molecule has 0 aliphatic rings. The van der Waals surface area contributed by atoms with Crippen LogP contribution in [0.4, 0.5) is 11.8 Å². The van der Waals surface area contributed by atoms with Crippen molar-refractivity contribution in [3.63, 3.8) is 0 Å². The van der Waals surface area contributed by atoms with Crippen LogP contribution in [0.2, 0.25) is 0 Å². The Bertz CT molecular complexity index is 954. The number of benzene rings is 2. The second-order valence-electron chi connectivity index (χ2n) is 5.49. The molecule has 0 saturated carbocycles. The molecule has 0 aliphatic carbocycles. The van der Waals surface area contributed by atoms with Gasteiger partial charge in [-0.1, -0.05) is 0 Å². The number of phenols is 2. The van der Waals surface area contributed by atoms with Crippen molar-refractivity contribution in [2.45, 2.75) is 6.92 Å². The van der Waals surface area contributed by atoms with Crippen molar-refractivity contribution >= 4 is 24.2 Å². The largest absolute Gasteiger partial charge is 0.508 e. The number of hydrogen-bond acceptors (Lipinski definition) is 9. The second-order valence-corrected chi connectivity index (χ2v) is 5.49. The lowest BCUT2D eigenvalue weighted by atomic mass is 10.2. The molecule has 0 saturated heterocycles. The van der Waals surface area contributed by atoms with E-state index in [2.05, 4.69) is 36.2 Å². The summed E-state index contributed by atoms with van der Waals surface area (Å²) < 4.78 is 0. The number of anilines is 2. The van der Waals surface area contributed by atoms with Crippen LogP contribution in [0.5, 0.6) is 11.5 Å². The van der Waals surface area contributed by atoms with Crippen molar-refractivity contribution < 1.29 is 10.2 Å². The van der Waals surface area contributed by atoms with Gasteiger partial charge in [-0.25, -0.2) is 5.43 Å². The molecule has 0 amide bonds. The summed E-state index contributed by atoms with van der Waals surface area (Å²) in [6.45, 7) is 1.75. The van der Waals surface area contributed by atoms with Crippen molar-refractivity contribution in [1.29, 1.82) is 0 Å². The Kier molecular flexibility index (Phi) is 5.53. The average Bonchev–Trinajstić information content (AvgIpc) is 2.67. The van der Waals surface area contributed by atoms with Crippen LogP contribution in [0.3, 0.4) is 0 Å². The number of aryl methyl sites for hydroxylation is 1. The topological polar surface area (TPSA) is 128 Å². The van der Waals surface area contributed by atoms with Crippen molar-refractivity contribution in [2.24, 2.45) is 10.2 Å². The summed E-state index contributed by atoms with van der Waals surface area (Å²) >= 11 is 0. The molecule has 0 radical (unpaired) electrons. The predicted molar refractivity (Wildman–Crippen MR) is 103 cm³/mol. The van der Waals surface area contributed by atoms with Crippen LogP contribution in [0.15, 0.2) is 58.7 Å². The lowest BCUT2D eigenvalue weighted by Gasteiger charge is -2.04. The lowest BCUT2D eigenvalue weighted by molar-refractivity contribution is 0.475. The van der Waals surface area contributed by atoms with E-state index in [-0.39, 0.29) is 17.4 Å².